The van der Waals surface area contributed by atoms with Gasteiger partial charge >= 0.3 is 0 Å². The van der Waals surface area contributed by atoms with E-state index in [0.717, 1.165) is 41.6 Å². The number of fused-ring (bicyclic) bond motifs is 1. The van der Waals surface area contributed by atoms with Crippen molar-refractivity contribution in [3.8, 4) is 17.0 Å². The standard InChI is InChI=1S/C27H32N4O3/c1-4-5-6-23-17-30(16-20-9-7-19(8-10-20)15-28-2)27(33)25-14-24(29-31(23)25)21-11-12-26(34-3)22(13-21)18-32/h7-15,23,32H,4-6,16-18H2,1-3H3. The third-order valence-corrected chi connectivity index (χ3v) is 6.29. The molecule has 2 heterocycles. The molecule has 4 rings (SSSR count). The number of hydrogen-bond acceptors (Lipinski definition) is 5. The number of ether oxygens (including phenoxy) is 1. The van der Waals surface area contributed by atoms with Crippen molar-refractivity contribution in [3.63, 3.8) is 0 Å². The minimum absolute atomic E-state index is 0.0124. The van der Waals surface area contributed by atoms with Crippen LogP contribution in [0.25, 0.3) is 11.3 Å². The third kappa shape index (κ3) is 4.89. The Balaban J connectivity index is 1.64. The lowest BCUT2D eigenvalue weighted by Crippen LogP contribution is -2.42. The van der Waals surface area contributed by atoms with Gasteiger partial charge in [0.05, 0.1) is 25.5 Å². The first kappa shape index (κ1) is 23.7. The lowest BCUT2D eigenvalue weighted by Gasteiger charge is -2.33. The van der Waals surface area contributed by atoms with Crippen molar-refractivity contribution in [1.29, 1.82) is 0 Å². The van der Waals surface area contributed by atoms with E-state index >= 15 is 0 Å². The minimum atomic E-state index is -0.126. The fraction of sp³-hybridized carbons (Fsp3) is 0.370. The Labute approximate surface area is 200 Å². The van der Waals surface area contributed by atoms with E-state index < -0.39 is 0 Å². The second-order valence-corrected chi connectivity index (χ2v) is 8.65. The Hall–Kier alpha value is -3.45. The first-order valence-corrected chi connectivity index (χ1v) is 11.8. The molecule has 7 nitrogen and oxygen atoms in total. The molecule has 0 spiro atoms. The highest BCUT2D eigenvalue weighted by Crippen LogP contribution is 2.32. The molecule has 0 fully saturated rings. The maximum atomic E-state index is 13.5. The van der Waals surface area contributed by atoms with Gasteiger partial charge in [-0.1, -0.05) is 44.0 Å². The first-order chi connectivity index (χ1) is 16.6. The number of methoxy groups -OCH3 is 1. The van der Waals surface area contributed by atoms with E-state index in [1.807, 2.05) is 52.2 Å². The van der Waals surface area contributed by atoms with Gasteiger partial charge in [-0.3, -0.25) is 14.5 Å². The topological polar surface area (TPSA) is 80.0 Å². The van der Waals surface area contributed by atoms with Crippen LogP contribution in [-0.2, 0) is 13.2 Å². The summed E-state index contributed by atoms with van der Waals surface area (Å²) in [5.74, 6) is 0.621. The summed E-state index contributed by atoms with van der Waals surface area (Å²) in [6.07, 6.45) is 4.94. The zero-order chi connectivity index (χ0) is 24.1. The number of benzene rings is 2. The molecule has 0 saturated heterocycles. The molecule has 0 saturated carbocycles. The largest absolute Gasteiger partial charge is 0.496 e. The molecule has 7 heteroatoms. The molecule has 178 valence electrons. The van der Waals surface area contributed by atoms with Crippen molar-refractivity contribution >= 4 is 12.1 Å². The lowest BCUT2D eigenvalue weighted by molar-refractivity contribution is 0.0635. The molecule has 1 N–H and O–H groups in total. The molecule has 34 heavy (non-hydrogen) atoms. The van der Waals surface area contributed by atoms with Crippen molar-refractivity contribution in [2.75, 3.05) is 20.7 Å². The number of carbonyl (C=O) groups is 1. The summed E-state index contributed by atoms with van der Waals surface area (Å²) in [7, 11) is 3.34. The molecule has 1 amide bonds. The minimum Gasteiger partial charge on any atom is -0.496 e. The highest BCUT2D eigenvalue weighted by molar-refractivity contribution is 5.94. The summed E-state index contributed by atoms with van der Waals surface area (Å²) >= 11 is 0. The zero-order valence-electron chi connectivity index (χ0n) is 20.1. The van der Waals surface area contributed by atoms with Crippen LogP contribution in [0.1, 0.15) is 59.4 Å². The third-order valence-electron chi connectivity index (χ3n) is 6.29. The number of aliphatic hydroxyl groups excluding tert-OH is 1. The van der Waals surface area contributed by atoms with E-state index in [2.05, 4.69) is 24.0 Å². The number of aromatic nitrogens is 2. The molecule has 1 aliphatic heterocycles. The number of aliphatic hydroxyl groups is 1. The molecule has 3 aromatic rings. The van der Waals surface area contributed by atoms with Crippen LogP contribution in [0.4, 0.5) is 0 Å². The van der Waals surface area contributed by atoms with Gasteiger partial charge in [-0.25, -0.2) is 0 Å². The lowest BCUT2D eigenvalue weighted by atomic mass is 10.0. The molecule has 1 atom stereocenters. The average molecular weight is 461 g/mol. The van der Waals surface area contributed by atoms with Crippen molar-refractivity contribution in [2.24, 2.45) is 4.99 Å². The van der Waals surface area contributed by atoms with Crippen molar-refractivity contribution in [1.82, 2.24) is 14.7 Å². The molecular weight excluding hydrogens is 428 g/mol. The van der Waals surface area contributed by atoms with Crippen LogP contribution in [-0.4, -0.2) is 52.6 Å². The van der Waals surface area contributed by atoms with E-state index in [4.69, 9.17) is 9.84 Å². The maximum absolute atomic E-state index is 13.5. The summed E-state index contributed by atoms with van der Waals surface area (Å²) in [5, 5.41) is 14.6. The van der Waals surface area contributed by atoms with Gasteiger partial charge in [-0.05, 0) is 41.8 Å². The quantitative estimate of drug-likeness (QED) is 0.477. The highest BCUT2D eigenvalue weighted by atomic mass is 16.5. The molecule has 1 unspecified atom stereocenters. The van der Waals surface area contributed by atoms with Gasteiger partial charge in [-0.2, -0.15) is 5.10 Å². The number of aliphatic imine (C=N–C) groups is 1. The van der Waals surface area contributed by atoms with Gasteiger partial charge in [0.15, 0.2) is 0 Å². The fourth-order valence-electron chi connectivity index (χ4n) is 4.48. The van der Waals surface area contributed by atoms with Crippen LogP contribution in [0.5, 0.6) is 5.75 Å². The van der Waals surface area contributed by atoms with Crippen LogP contribution >= 0.6 is 0 Å². The first-order valence-electron chi connectivity index (χ1n) is 11.8. The van der Waals surface area contributed by atoms with Gasteiger partial charge in [0.2, 0.25) is 0 Å². The number of carbonyl (C=O) groups excluding carboxylic acids is 1. The van der Waals surface area contributed by atoms with Crippen molar-refractivity contribution in [3.05, 3.63) is 70.9 Å². The predicted octanol–water partition coefficient (Wildman–Crippen LogP) is 4.49. The number of rotatable bonds is 9. The average Bonchev–Trinajstić information content (AvgIpc) is 3.32. The van der Waals surface area contributed by atoms with E-state index in [1.54, 1.807) is 14.2 Å². The van der Waals surface area contributed by atoms with Crippen LogP contribution in [0.3, 0.4) is 0 Å². The van der Waals surface area contributed by atoms with Crippen molar-refractivity contribution in [2.45, 2.75) is 45.4 Å². The van der Waals surface area contributed by atoms with E-state index in [1.165, 1.54) is 0 Å². The molecule has 0 aliphatic carbocycles. The summed E-state index contributed by atoms with van der Waals surface area (Å²) in [6.45, 7) is 3.24. The van der Waals surface area contributed by atoms with E-state index in [9.17, 15) is 9.90 Å². The smallest absolute Gasteiger partial charge is 0.272 e. The second kappa shape index (κ2) is 10.7. The van der Waals surface area contributed by atoms with Crippen LogP contribution in [0, 0.1) is 0 Å². The van der Waals surface area contributed by atoms with E-state index in [-0.39, 0.29) is 18.6 Å². The monoisotopic (exact) mass is 460 g/mol. The summed E-state index contributed by atoms with van der Waals surface area (Å²) in [4.78, 5) is 19.4. The zero-order valence-corrected chi connectivity index (χ0v) is 20.1. The van der Waals surface area contributed by atoms with Crippen LogP contribution < -0.4 is 4.74 Å². The Morgan fingerprint density at radius 3 is 2.68 bits per heavy atom. The summed E-state index contributed by atoms with van der Waals surface area (Å²) in [6, 6.07) is 15.8. The Bertz CT molecular complexity index is 1170. The second-order valence-electron chi connectivity index (χ2n) is 8.65. The molecular formula is C27H32N4O3. The number of hydrogen-bond donors (Lipinski definition) is 1. The Morgan fingerprint density at radius 2 is 2.00 bits per heavy atom. The van der Waals surface area contributed by atoms with Crippen LogP contribution in [0.15, 0.2) is 53.5 Å². The Kier molecular flexibility index (Phi) is 7.43. The summed E-state index contributed by atoms with van der Waals surface area (Å²) < 4.78 is 7.23. The molecule has 1 aliphatic rings. The highest BCUT2D eigenvalue weighted by Gasteiger charge is 2.33. The number of unbranched alkanes of at least 4 members (excludes halogenated alkanes) is 1. The summed E-state index contributed by atoms with van der Waals surface area (Å²) in [5.41, 5.74) is 5.02. The number of amides is 1. The maximum Gasteiger partial charge on any atom is 0.272 e. The van der Waals surface area contributed by atoms with Crippen LogP contribution in [0.2, 0.25) is 0 Å². The van der Waals surface area contributed by atoms with Gasteiger partial charge in [0.1, 0.15) is 11.4 Å². The van der Waals surface area contributed by atoms with Gasteiger partial charge in [-0.15, -0.1) is 0 Å². The van der Waals surface area contributed by atoms with Gasteiger partial charge < -0.3 is 14.7 Å². The number of nitrogens with zero attached hydrogens (tertiary/aromatic N) is 4. The SMILES string of the molecule is CCCCC1CN(Cc2ccc(C=NC)cc2)C(=O)c2cc(-c3ccc(OC)c(CO)c3)nn21. The van der Waals surface area contributed by atoms with Gasteiger partial charge in [0, 0.05) is 37.5 Å². The molecule has 2 aromatic carbocycles. The van der Waals surface area contributed by atoms with E-state index in [0.29, 0.717) is 30.1 Å². The molecule has 1 aromatic heterocycles. The van der Waals surface area contributed by atoms with Gasteiger partial charge in [0.25, 0.3) is 5.91 Å². The van der Waals surface area contributed by atoms with Crippen molar-refractivity contribution < 1.29 is 14.6 Å². The normalized spacial score (nSPS) is 15.7. The molecule has 0 radical (unpaired) electrons. The predicted molar refractivity (Wildman–Crippen MR) is 133 cm³/mol. The fourth-order valence-corrected chi connectivity index (χ4v) is 4.48. The Morgan fingerprint density at radius 1 is 1.21 bits per heavy atom. The molecule has 0 bridgehead atoms.